The summed E-state index contributed by atoms with van der Waals surface area (Å²) in [6.45, 7) is 0. The highest BCUT2D eigenvalue weighted by atomic mass is 32.1. The van der Waals surface area contributed by atoms with Gasteiger partial charge in [-0.25, -0.2) is 0 Å². The number of nitrogens with zero attached hydrogens (tertiary/aromatic N) is 3. The number of thiazole rings is 1. The van der Waals surface area contributed by atoms with E-state index in [4.69, 9.17) is 9.47 Å². The molecule has 0 saturated carbocycles. The zero-order chi connectivity index (χ0) is 19.7. The van der Waals surface area contributed by atoms with Crippen LogP contribution in [0.25, 0.3) is 22.3 Å². The summed E-state index contributed by atoms with van der Waals surface area (Å²) >= 11 is 1.09. The molecule has 0 aliphatic rings. The van der Waals surface area contributed by atoms with Crippen molar-refractivity contribution in [3.8, 4) is 22.8 Å². The SMILES string of the molecule is COc1ccc(OC)c(/C=c2/sc3nc(=O)c(-c4ccccc4)nn3c2=O)c1. The predicted octanol–water partition coefficient (Wildman–Crippen LogP) is 1.74. The van der Waals surface area contributed by atoms with E-state index in [2.05, 4.69) is 10.1 Å². The molecule has 4 rings (SSSR count). The van der Waals surface area contributed by atoms with Gasteiger partial charge in [0.05, 0.1) is 18.8 Å². The van der Waals surface area contributed by atoms with Gasteiger partial charge in [-0.2, -0.15) is 14.6 Å². The van der Waals surface area contributed by atoms with E-state index in [-0.39, 0.29) is 16.2 Å². The highest BCUT2D eigenvalue weighted by Crippen LogP contribution is 2.24. The fourth-order valence-corrected chi connectivity index (χ4v) is 3.67. The van der Waals surface area contributed by atoms with E-state index in [0.29, 0.717) is 27.2 Å². The molecule has 7 nitrogen and oxygen atoms in total. The summed E-state index contributed by atoms with van der Waals surface area (Å²) in [4.78, 5) is 29.5. The molecule has 0 unspecified atom stereocenters. The smallest absolute Gasteiger partial charge is 0.300 e. The second-order valence-corrected chi connectivity index (χ2v) is 6.86. The normalized spacial score (nSPS) is 11.7. The third-order valence-corrected chi connectivity index (χ3v) is 5.12. The lowest BCUT2D eigenvalue weighted by Crippen LogP contribution is -2.26. The number of fused-ring (bicyclic) bond motifs is 1. The first-order chi connectivity index (χ1) is 13.6. The first kappa shape index (κ1) is 17.9. The third kappa shape index (κ3) is 3.14. The second kappa shape index (κ2) is 7.24. The van der Waals surface area contributed by atoms with Gasteiger partial charge in [-0.15, -0.1) is 0 Å². The number of benzene rings is 2. The van der Waals surface area contributed by atoms with E-state index < -0.39 is 5.56 Å². The Morgan fingerprint density at radius 1 is 1.04 bits per heavy atom. The van der Waals surface area contributed by atoms with Gasteiger partial charge in [0, 0.05) is 11.1 Å². The van der Waals surface area contributed by atoms with Crippen LogP contribution in [0.15, 0.2) is 58.1 Å². The lowest BCUT2D eigenvalue weighted by atomic mass is 10.2. The van der Waals surface area contributed by atoms with Crippen LogP contribution in [-0.4, -0.2) is 28.8 Å². The van der Waals surface area contributed by atoms with Crippen molar-refractivity contribution in [2.75, 3.05) is 14.2 Å². The second-order valence-electron chi connectivity index (χ2n) is 5.85. The van der Waals surface area contributed by atoms with Crippen molar-refractivity contribution in [3.63, 3.8) is 0 Å². The Balaban J connectivity index is 1.93. The molecule has 0 spiro atoms. The molecule has 0 aliphatic heterocycles. The quantitative estimate of drug-likeness (QED) is 0.525. The van der Waals surface area contributed by atoms with E-state index in [1.54, 1.807) is 62.8 Å². The monoisotopic (exact) mass is 393 g/mol. The van der Waals surface area contributed by atoms with Gasteiger partial charge in [0.15, 0.2) is 5.69 Å². The largest absolute Gasteiger partial charge is 0.497 e. The molecule has 0 N–H and O–H groups in total. The first-order valence-corrected chi connectivity index (χ1v) is 9.15. The standard InChI is InChI=1S/C20H15N3O4S/c1-26-14-8-9-15(27-2)13(10-14)11-16-19(25)23-20(28-16)21-18(24)17(22-23)12-6-4-3-5-7-12/h3-11H,1-2H3/b16-11+. The average molecular weight is 393 g/mol. The third-order valence-electron chi connectivity index (χ3n) is 4.16. The van der Waals surface area contributed by atoms with Crippen LogP contribution in [0.3, 0.4) is 0 Å². The van der Waals surface area contributed by atoms with Crippen molar-refractivity contribution in [3.05, 3.63) is 79.3 Å². The summed E-state index contributed by atoms with van der Waals surface area (Å²) in [6, 6.07) is 14.2. The van der Waals surface area contributed by atoms with Crippen LogP contribution < -0.4 is 25.1 Å². The fourth-order valence-electron chi connectivity index (χ4n) is 2.78. The van der Waals surface area contributed by atoms with Crippen LogP contribution in [0.5, 0.6) is 11.5 Å². The lowest BCUT2D eigenvalue weighted by Gasteiger charge is -2.06. The van der Waals surface area contributed by atoms with Gasteiger partial charge in [-0.05, 0) is 24.3 Å². The van der Waals surface area contributed by atoms with Gasteiger partial charge >= 0.3 is 5.56 Å². The van der Waals surface area contributed by atoms with Crippen molar-refractivity contribution >= 4 is 22.4 Å². The molecule has 0 bridgehead atoms. The summed E-state index contributed by atoms with van der Waals surface area (Å²) in [6.07, 6.45) is 1.68. The molecule has 2 aromatic heterocycles. The van der Waals surface area contributed by atoms with Crippen molar-refractivity contribution in [1.82, 2.24) is 14.6 Å². The zero-order valence-corrected chi connectivity index (χ0v) is 15.9. The molecule has 4 aromatic rings. The number of methoxy groups -OCH3 is 2. The van der Waals surface area contributed by atoms with Gasteiger partial charge in [0.2, 0.25) is 4.96 Å². The molecule has 0 amide bonds. The van der Waals surface area contributed by atoms with Gasteiger partial charge in [-0.1, -0.05) is 41.7 Å². The van der Waals surface area contributed by atoms with E-state index >= 15 is 0 Å². The molecule has 8 heteroatoms. The van der Waals surface area contributed by atoms with Crippen LogP contribution in [0.1, 0.15) is 5.56 Å². The van der Waals surface area contributed by atoms with Crippen molar-refractivity contribution in [2.24, 2.45) is 0 Å². The average Bonchev–Trinajstić information content (AvgIpc) is 3.02. The molecule has 0 saturated heterocycles. The van der Waals surface area contributed by atoms with Crippen molar-refractivity contribution in [1.29, 1.82) is 0 Å². The topological polar surface area (TPSA) is 82.8 Å². The van der Waals surface area contributed by atoms with Crippen LogP contribution in [0, 0.1) is 0 Å². The van der Waals surface area contributed by atoms with Gasteiger partial charge in [-0.3, -0.25) is 9.59 Å². The summed E-state index contributed by atoms with van der Waals surface area (Å²) in [5, 5.41) is 4.25. The van der Waals surface area contributed by atoms with Crippen LogP contribution in [0.2, 0.25) is 0 Å². The minimum absolute atomic E-state index is 0.138. The summed E-state index contributed by atoms with van der Waals surface area (Å²) in [7, 11) is 3.12. The van der Waals surface area contributed by atoms with Gasteiger partial charge in [0.25, 0.3) is 5.56 Å². The van der Waals surface area contributed by atoms with Gasteiger partial charge < -0.3 is 9.47 Å². The summed E-state index contributed by atoms with van der Waals surface area (Å²) in [5.74, 6) is 1.23. The molecule has 140 valence electrons. The van der Waals surface area contributed by atoms with Crippen LogP contribution in [0.4, 0.5) is 0 Å². The maximum absolute atomic E-state index is 12.8. The highest BCUT2D eigenvalue weighted by molar-refractivity contribution is 7.15. The zero-order valence-electron chi connectivity index (χ0n) is 15.1. The molecule has 0 fully saturated rings. The molecular formula is C20H15N3O4S. The number of ether oxygens (including phenoxy) is 2. The highest BCUT2D eigenvalue weighted by Gasteiger charge is 2.13. The Bertz CT molecular complexity index is 1330. The van der Waals surface area contributed by atoms with Crippen molar-refractivity contribution < 1.29 is 9.47 Å². The van der Waals surface area contributed by atoms with E-state index in [9.17, 15) is 9.59 Å². The summed E-state index contributed by atoms with van der Waals surface area (Å²) in [5.41, 5.74) is 0.600. The van der Waals surface area contributed by atoms with Crippen molar-refractivity contribution in [2.45, 2.75) is 0 Å². The minimum Gasteiger partial charge on any atom is -0.497 e. The van der Waals surface area contributed by atoms with Gasteiger partial charge in [0.1, 0.15) is 11.5 Å². The van der Waals surface area contributed by atoms with E-state index in [0.717, 1.165) is 15.9 Å². The molecule has 0 atom stereocenters. The Labute approximate surface area is 163 Å². The number of hydrogen-bond donors (Lipinski definition) is 0. The Hall–Kier alpha value is -3.52. The fraction of sp³-hybridized carbons (Fsp3) is 0.100. The Kier molecular flexibility index (Phi) is 4.62. The maximum Gasteiger partial charge on any atom is 0.300 e. The summed E-state index contributed by atoms with van der Waals surface area (Å²) < 4.78 is 12.1. The lowest BCUT2D eigenvalue weighted by molar-refractivity contribution is 0.402. The number of aromatic nitrogens is 3. The molecule has 2 heterocycles. The molecule has 28 heavy (non-hydrogen) atoms. The van der Waals surface area contributed by atoms with Crippen LogP contribution >= 0.6 is 11.3 Å². The Morgan fingerprint density at radius 2 is 1.82 bits per heavy atom. The Morgan fingerprint density at radius 3 is 2.54 bits per heavy atom. The number of hydrogen-bond acceptors (Lipinski definition) is 7. The first-order valence-electron chi connectivity index (χ1n) is 8.34. The van der Waals surface area contributed by atoms with E-state index in [1.165, 1.54) is 0 Å². The minimum atomic E-state index is -0.474. The van der Waals surface area contributed by atoms with E-state index in [1.807, 2.05) is 6.07 Å². The maximum atomic E-state index is 12.8. The van der Waals surface area contributed by atoms with Crippen LogP contribution in [-0.2, 0) is 0 Å². The predicted molar refractivity (Wildman–Crippen MR) is 107 cm³/mol. The molecular weight excluding hydrogens is 378 g/mol. The molecule has 2 aromatic carbocycles. The molecule has 0 aliphatic carbocycles. The molecule has 0 radical (unpaired) electrons. The number of rotatable bonds is 4.